The number of nitrogens with two attached hydrogens (primary N) is 1. The van der Waals surface area contributed by atoms with Crippen LogP contribution in [0.2, 0.25) is 0 Å². The van der Waals surface area contributed by atoms with E-state index in [1.54, 1.807) is 12.1 Å². The highest BCUT2D eigenvalue weighted by Crippen LogP contribution is 2.27. The Bertz CT molecular complexity index is 514. The Morgan fingerprint density at radius 1 is 1.14 bits per heavy atom. The number of nitrogens with zero attached hydrogens (tertiary/aromatic N) is 2. The molecule has 5 heteroatoms. The molecule has 0 aromatic heterocycles. The first-order valence-corrected chi connectivity index (χ1v) is 7.70. The van der Waals surface area contributed by atoms with Gasteiger partial charge in [0.25, 0.3) is 0 Å². The molecule has 2 N–H and O–H groups in total. The van der Waals surface area contributed by atoms with Gasteiger partial charge in [0, 0.05) is 32.2 Å². The number of benzene rings is 1. The highest BCUT2D eigenvalue weighted by atomic mass is 19.1. The number of piperazine rings is 1. The molecule has 114 valence electrons. The van der Waals surface area contributed by atoms with Gasteiger partial charge in [-0.25, -0.2) is 4.39 Å². The Labute approximate surface area is 124 Å². The normalized spacial score (nSPS) is 26.2. The molecule has 2 aliphatic rings. The minimum atomic E-state index is -0.199. The lowest BCUT2D eigenvalue weighted by Crippen LogP contribution is -2.52. The zero-order valence-electron chi connectivity index (χ0n) is 12.2. The van der Waals surface area contributed by atoms with E-state index in [2.05, 4.69) is 0 Å². The van der Waals surface area contributed by atoms with Gasteiger partial charge in [0.15, 0.2) is 0 Å². The Hall–Kier alpha value is -1.62. The highest BCUT2D eigenvalue weighted by molar-refractivity contribution is 5.80. The van der Waals surface area contributed by atoms with Gasteiger partial charge in [0.1, 0.15) is 5.82 Å². The summed E-state index contributed by atoms with van der Waals surface area (Å²) >= 11 is 0. The molecule has 1 aliphatic heterocycles. The average molecular weight is 291 g/mol. The number of carbonyl (C=O) groups is 1. The van der Waals surface area contributed by atoms with Crippen LogP contribution in [0, 0.1) is 11.7 Å². The van der Waals surface area contributed by atoms with Crippen molar-refractivity contribution in [2.45, 2.75) is 25.3 Å². The van der Waals surface area contributed by atoms with Crippen molar-refractivity contribution in [2.24, 2.45) is 11.7 Å². The lowest BCUT2D eigenvalue weighted by atomic mass is 10.0. The molecule has 4 nitrogen and oxygen atoms in total. The molecule has 0 unspecified atom stereocenters. The van der Waals surface area contributed by atoms with Crippen LogP contribution in [0.5, 0.6) is 0 Å². The molecule has 2 atom stereocenters. The third kappa shape index (κ3) is 2.88. The summed E-state index contributed by atoms with van der Waals surface area (Å²) in [7, 11) is 0. The van der Waals surface area contributed by atoms with Crippen molar-refractivity contribution in [1.29, 1.82) is 0 Å². The van der Waals surface area contributed by atoms with E-state index in [1.807, 2.05) is 15.9 Å². The van der Waals surface area contributed by atoms with E-state index < -0.39 is 0 Å². The molecule has 1 aromatic rings. The number of para-hydroxylation sites is 1. The molecule has 2 fully saturated rings. The molecule has 21 heavy (non-hydrogen) atoms. The van der Waals surface area contributed by atoms with Gasteiger partial charge < -0.3 is 15.5 Å². The molecule has 1 aliphatic carbocycles. The number of hydrogen-bond donors (Lipinski definition) is 1. The lowest BCUT2D eigenvalue weighted by Gasteiger charge is -2.37. The van der Waals surface area contributed by atoms with Crippen LogP contribution >= 0.6 is 0 Å². The van der Waals surface area contributed by atoms with Crippen LogP contribution in [-0.2, 0) is 4.79 Å². The quantitative estimate of drug-likeness (QED) is 0.900. The van der Waals surface area contributed by atoms with Crippen molar-refractivity contribution < 1.29 is 9.18 Å². The van der Waals surface area contributed by atoms with Crippen LogP contribution in [-0.4, -0.2) is 43.0 Å². The van der Waals surface area contributed by atoms with Gasteiger partial charge in [-0.2, -0.15) is 0 Å². The maximum Gasteiger partial charge on any atom is 0.227 e. The summed E-state index contributed by atoms with van der Waals surface area (Å²) in [6.07, 6.45) is 2.91. The highest BCUT2D eigenvalue weighted by Gasteiger charge is 2.34. The third-order valence-electron chi connectivity index (χ3n) is 4.67. The molecule has 1 saturated carbocycles. The standard InChI is InChI=1S/C16H22FN3O/c17-13-5-1-2-7-15(13)19-8-10-20(11-9-19)16(21)12-4-3-6-14(12)18/h1-2,5,7,12,14H,3-4,6,8-11,18H2/t12-,14+/m0/s1. The molecule has 0 spiro atoms. The van der Waals surface area contributed by atoms with Crippen LogP contribution in [0.4, 0.5) is 10.1 Å². The molecule has 1 amide bonds. The van der Waals surface area contributed by atoms with Crippen molar-refractivity contribution in [1.82, 2.24) is 4.90 Å². The Kier molecular flexibility index (Phi) is 4.10. The molecular weight excluding hydrogens is 269 g/mol. The van der Waals surface area contributed by atoms with Crippen LogP contribution in [0.3, 0.4) is 0 Å². The molecule has 1 aromatic carbocycles. The van der Waals surface area contributed by atoms with Crippen molar-refractivity contribution >= 4 is 11.6 Å². The Balaban J connectivity index is 1.60. The van der Waals surface area contributed by atoms with Crippen molar-refractivity contribution in [2.75, 3.05) is 31.1 Å². The third-order valence-corrected chi connectivity index (χ3v) is 4.67. The second kappa shape index (κ2) is 6.02. The first-order chi connectivity index (χ1) is 10.2. The van der Waals surface area contributed by atoms with Gasteiger partial charge >= 0.3 is 0 Å². The summed E-state index contributed by atoms with van der Waals surface area (Å²) in [6.45, 7) is 2.65. The second-order valence-electron chi connectivity index (χ2n) is 5.96. The van der Waals surface area contributed by atoms with Crippen LogP contribution in [0.1, 0.15) is 19.3 Å². The van der Waals surface area contributed by atoms with E-state index in [9.17, 15) is 9.18 Å². The molecule has 1 saturated heterocycles. The fraction of sp³-hybridized carbons (Fsp3) is 0.562. The number of halogens is 1. The van der Waals surface area contributed by atoms with Crippen LogP contribution in [0.15, 0.2) is 24.3 Å². The summed E-state index contributed by atoms with van der Waals surface area (Å²) in [6, 6.07) is 6.82. The number of hydrogen-bond acceptors (Lipinski definition) is 3. The van der Waals surface area contributed by atoms with Gasteiger partial charge in [0.05, 0.1) is 11.6 Å². The predicted octanol–water partition coefficient (Wildman–Crippen LogP) is 1.60. The Morgan fingerprint density at radius 2 is 1.86 bits per heavy atom. The SMILES string of the molecule is N[C@@H]1CCC[C@@H]1C(=O)N1CCN(c2ccccc2F)CC1. The Morgan fingerprint density at radius 3 is 2.48 bits per heavy atom. The van der Waals surface area contributed by atoms with E-state index in [0.29, 0.717) is 31.9 Å². The zero-order chi connectivity index (χ0) is 14.8. The van der Waals surface area contributed by atoms with Crippen molar-refractivity contribution in [3.05, 3.63) is 30.1 Å². The van der Waals surface area contributed by atoms with Gasteiger partial charge in [-0.1, -0.05) is 18.6 Å². The van der Waals surface area contributed by atoms with Crippen LogP contribution in [0.25, 0.3) is 0 Å². The van der Waals surface area contributed by atoms with E-state index in [4.69, 9.17) is 5.73 Å². The summed E-state index contributed by atoms with van der Waals surface area (Å²) in [5, 5.41) is 0. The van der Waals surface area contributed by atoms with Crippen molar-refractivity contribution in [3.63, 3.8) is 0 Å². The maximum atomic E-state index is 13.8. The zero-order valence-corrected chi connectivity index (χ0v) is 12.2. The van der Waals surface area contributed by atoms with Crippen LogP contribution < -0.4 is 10.6 Å². The summed E-state index contributed by atoms with van der Waals surface area (Å²) < 4.78 is 13.8. The molecular formula is C16H22FN3O. The topological polar surface area (TPSA) is 49.6 Å². The summed E-state index contributed by atoms with van der Waals surface area (Å²) in [4.78, 5) is 16.4. The first kappa shape index (κ1) is 14.3. The number of rotatable bonds is 2. The minimum Gasteiger partial charge on any atom is -0.366 e. The number of anilines is 1. The lowest BCUT2D eigenvalue weighted by molar-refractivity contribution is -0.136. The minimum absolute atomic E-state index is 0.00925. The van der Waals surface area contributed by atoms with E-state index in [-0.39, 0.29) is 23.7 Å². The molecule has 3 rings (SSSR count). The fourth-order valence-electron chi connectivity index (χ4n) is 3.41. The number of carbonyl (C=O) groups excluding carboxylic acids is 1. The molecule has 0 bridgehead atoms. The summed E-state index contributed by atoms with van der Waals surface area (Å²) in [5.74, 6) is -0.0201. The van der Waals surface area contributed by atoms with Gasteiger partial charge in [-0.3, -0.25) is 4.79 Å². The monoisotopic (exact) mass is 291 g/mol. The smallest absolute Gasteiger partial charge is 0.227 e. The van der Waals surface area contributed by atoms with Gasteiger partial charge in [0.2, 0.25) is 5.91 Å². The van der Waals surface area contributed by atoms with Gasteiger partial charge in [-0.05, 0) is 25.0 Å². The average Bonchev–Trinajstić information content (AvgIpc) is 2.93. The summed E-state index contributed by atoms with van der Waals surface area (Å²) in [5.41, 5.74) is 6.64. The maximum absolute atomic E-state index is 13.8. The fourth-order valence-corrected chi connectivity index (χ4v) is 3.41. The predicted molar refractivity (Wildman–Crippen MR) is 80.5 cm³/mol. The second-order valence-corrected chi connectivity index (χ2v) is 5.96. The number of amides is 1. The largest absolute Gasteiger partial charge is 0.366 e. The van der Waals surface area contributed by atoms with E-state index in [0.717, 1.165) is 19.3 Å². The van der Waals surface area contributed by atoms with E-state index in [1.165, 1.54) is 6.07 Å². The van der Waals surface area contributed by atoms with Gasteiger partial charge in [-0.15, -0.1) is 0 Å². The molecule has 1 heterocycles. The molecule has 0 radical (unpaired) electrons. The first-order valence-electron chi connectivity index (χ1n) is 7.70. The van der Waals surface area contributed by atoms with Crippen molar-refractivity contribution in [3.8, 4) is 0 Å². The van der Waals surface area contributed by atoms with E-state index >= 15 is 0 Å².